The third-order valence-electron chi connectivity index (χ3n) is 5.85. The lowest BCUT2D eigenvalue weighted by atomic mass is 9.93. The van der Waals surface area contributed by atoms with Crippen LogP contribution < -0.4 is 10.4 Å². The van der Waals surface area contributed by atoms with Crippen molar-refractivity contribution in [2.45, 2.75) is 37.8 Å². The molecule has 0 radical (unpaired) electrons. The van der Waals surface area contributed by atoms with Crippen molar-refractivity contribution < 1.29 is 21.2 Å². The zero-order valence-electron chi connectivity index (χ0n) is 19.3. The zero-order chi connectivity index (χ0) is 23.3. The minimum Gasteiger partial charge on any atom is -0.545 e. The molecule has 1 fully saturated rings. The maximum Gasteiger partial charge on any atom is 1.00 e. The van der Waals surface area contributed by atoms with E-state index in [4.69, 9.17) is 16.7 Å². The predicted octanol–water partition coefficient (Wildman–Crippen LogP) is 3.09. The molecule has 0 saturated carbocycles. The summed E-state index contributed by atoms with van der Waals surface area (Å²) in [5, 5.41) is 21.7. The van der Waals surface area contributed by atoms with Gasteiger partial charge < -0.3 is 20.3 Å². The third-order valence-corrected chi connectivity index (χ3v) is 6.08. The van der Waals surface area contributed by atoms with Crippen LogP contribution in [0.5, 0.6) is 0 Å². The van der Waals surface area contributed by atoms with Gasteiger partial charge in [-0.3, -0.25) is 4.90 Å². The van der Waals surface area contributed by atoms with Gasteiger partial charge in [-0.15, -0.1) is 0 Å². The fraction of sp³-hybridized carbons (Fsp3) is 0.360. The first-order valence-corrected chi connectivity index (χ1v) is 11.0. The minimum atomic E-state index is -1.51. The predicted molar refractivity (Wildman–Crippen MR) is 124 cm³/mol. The first kappa shape index (κ1) is 24.0. The van der Waals surface area contributed by atoms with Crippen LogP contribution >= 0.6 is 11.6 Å². The monoisotopic (exact) mass is 456 g/mol. The Morgan fingerprint density at radius 3 is 2.50 bits per heavy atom. The summed E-state index contributed by atoms with van der Waals surface area (Å²) in [5.41, 5.74) is 4.46. The van der Waals surface area contributed by atoms with Crippen LogP contribution in [0.3, 0.4) is 0 Å². The summed E-state index contributed by atoms with van der Waals surface area (Å²) in [6, 6.07) is 17.8. The summed E-state index contributed by atoms with van der Waals surface area (Å²) in [6.07, 6.45) is 2.09. The van der Waals surface area contributed by atoms with Gasteiger partial charge in [-0.25, -0.2) is 4.79 Å². The van der Waals surface area contributed by atoms with E-state index in [2.05, 4.69) is 66.5 Å². The molecule has 170 valence electrons. The average Bonchev–Trinajstić information content (AvgIpc) is 3.11. The minimum absolute atomic E-state index is 0. The lowest BCUT2D eigenvalue weighted by Crippen LogP contribution is -2.57. The molecule has 2 aromatic carbocycles. The number of piperazine rings is 1. The molecule has 2 atom stereocenters. The number of hydrogen-bond acceptors (Lipinski definition) is 5. The molecule has 32 heavy (non-hydrogen) atoms. The Balaban J connectivity index is 0.000000372. The molecule has 0 bridgehead atoms. The molecule has 6 nitrogen and oxygen atoms in total. The molecular weight excluding hydrogens is 428 g/mol. The summed E-state index contributed by atoms with van der Waals surface area (Å²) in [4.78, 5) is 21.6. The van der Waals surface area contributed by atoms with Crippen molar-refractivity contribution >= 4 is 23.5 Å². The number of halogens is 1. The number of rotatable bonds is 4. The van der Waals surface area contributed by atoms with Crippen LogP contribution in [0.1, 0.15) is 50.3 Å². The fourth-order valence-corrected chi connectivity index (χ4v) is 4.74. The summed E-state index contributed by atoms with van der Waals surface area (Å²) in [6.45, 7) is 7.81. The van der Waals surface area contributed by atoms with E-state index in [0.717, 1.165) is 31.1 Å². The van der Waals surface area contributed by atoms with Gasteiger partial charge in [-0.1, -0.05) is 48.0 Å². The molecule has 0 aromatic heterocycles. The highest BCUT2D eigenvalue weighted by Crippen LogP contribution is 2.47. The van der Waals surface area contributed by atoms with Gasteiger partial charge in [-0.2, -0.15) is 0 Å². The highest BCUT2D eigenvalue weighted by Gasteiger charge is 2.38. The van der Waals surface area contributed by atoms with Crippen molar-refractivity contribution in [2.75, 3.05) is 19.6 Å². The Hall–Kier alpha value is -2.67. The number of hydrogen-bond donors (Lipinski definition) is 2. The molecule has 0 spiro atoms. The van der Waals surface area contributed by atoms with E-state index in [1.54, 1.807) is 0 Å². The lowest BCUT2D eigenvalue weighted by molar-refractivity contribution is -0.297. The third kappa shape index (κ3) is 6.19. The number of carboxylic acids is 2. The Morgan fingerprint density at radius 1 is 1.19 bits per heavy atom. The lowest BCUT2D eigenvalue weighted by Gasteiger charge is -2.42. The van der Waals surface area contributed by atoms with E-state index in [-0.39, 0.29) is 6.97 Å². The zero-order valence-corrected chi connectivity index (χ0v) is 19.0. The molecule has 2 aliphatic rings. The van der Waals surface area contributed by atoms with Crippen LogP contribution in [-0.2, 0) is 9.59 Å². The highest BCUT2D eigenvalue weighted by atomic mass is 35.5. The summed E-state index contributed by atoms with van der Waals surface area (Å²) < 4.78 is 0. The molecule has 4 rings (SSSR count). The number of carboxylic acid groups (broad SMARTS) is 2. The summed E-state index contributed by atoms with van der Waals surface area (Å²) >= 11 is 6.35. The molecule has 2 aromatic rings. The Bertz CT molecular complexity index is 981. The number of nitrogens with one attached hydrogen (secondary N) is 1. The van der Waals surface area contributed by atoms with Crippen LogP contribution in [0.25, 0.3) is 0 Å². The van der Waals surface area contributed by atoms with Crippen LogP contribution in [0.2, 0.25) is 5.02 Å². The van der Waals surface area contributed by atoms with Crippen molar-refractivity contribution in [3.63, 3.8) is 0 Å². The second-order valence-corrected chi connectivity index (χ2v) is 9.20. The Kier molecular flexibility index (Phi) is 7.72. The number of carbonyl (C=O) groups is 2. The van der Waals surface area contributed by atoms with Gasteiger partial charge in [0.15, 0.2) is 0 Å². The highest BCUT2D eigenvalue weighted by molar-refractivity contribution is 6.30. The van der Waals surface area contributed by atoms with Crippen LogP contribution in [0.4, 0.5) is 0 Å². The molecule has 1 aliphatic heterocycles. The van der Waals surface area contributed by atoms with E-state index in [1.165, 1.54) is 16.7 Å². The van der Waals surface area contributed by atoms with Gasteiger partial charge in [0.2, 0.25) is 0 Å². The van der Waals surface area contributed by atoms with Gasteiger partial charge in [0.25, 0.3) is 0 Å². The maximum atomic E-state index is 9.53. The SMILES string of the molecule is CC1(C)CN([C@@H]2C[C@@H](c3ccccc3)c3ccc(Cl)cc32)CCN1.O=C([O-])/C=C\C(=O)O.[H+]. The van der Waals surface area contributed by atoms with E-state index in [0.29, 0.717) is 24.1 Å². The topological polar surface area (TPSA) is 92.7 Å². The second kappa shape index (κ2) is 10.3. The van der Waals surface area contributed by atoms with Crippen molar-refractivity contribution in [1.82, 2.24) is 10.2 Å². The first-order valence-electron chi connectivity index (χ1n) is 10.6. The summed E-state index contributed by atoms with van der Waals surface area (Å²) in [5.74, 6) is -2.33. The normalized spacial score (nSPS) is 22.1. The largest absolute Gasteiger partial charge is 1.00 e. The Morgan fingerprint density at radius 2 is 1.91 bits per heavy atom. The van der Waals surface area contributed by atoms with Crippen LogP contribution in [0, 0.1) is 0 Å². The summed E-state index contributed by atoms with van der Waals surface area (Å²) in [7, 11) is 0. The molecule has 7 heteroatoms. The van der Waals surface area contributed by atoms with Crippen molar-refractivity contribution in [3.05, 3.63) is 82.4 Å². The van der Waals surface area contributed by atoms with Gasteiger partial charge >= 0.3 is 7.40 Å². The molecule has 1 saturated heterocycles. The molecular formula is C25H29ClN2O4. The first-order chi connectivity index (χ1) is 15.2. The van der Waals surface area contributed by atoms with Gasteiger partial charge in [0.1, 0.15) is 0 Å². The van der Waals surface area contributed by atoms with E-state index < -0.39 is 11.9 Å². The quantitative estimate of drug-likeness (QED) is 0.687. The average molecular weight is 457 g/mol. The standard InChI is InChI=1S/C21H25ClN2.C4H4O4/c1-21(2)14-24(11-10-23-21)20-13-18(15-6-4-3-5-7-15)17-9-8-16(22)12-19(17)20;5-3(6)1-2-4(7)8/h3-9,12,18,20,23H,10-11,13-14H2,1-2H3;1-2H,(H,5,6)(H,7,8)/b;2-1-/t18-,20+;/m0./s1. The fourth-order valence-electron chi connectivity index (χ4n) is 4.56. The van der Waals surface area contributed by atoms with Crippen molar-refractivity contribution in [3.8, 4) is 0 Å². The van der Waals surface area contributed by atoms with Gasteiger partial charge in [0.05, 0.1) is 5.97 Å². The molecule has 1 aliphatic carbocycles. The van der Waals surface area contributed by atoms with Gasteiger partial charge in [0, 0.05) is 48.2 Å². The molecule has 1 heterocycles. The number of aliphatic carboxylic acids is 2. The van der Waals surface area contributed by atoms with E-state index in [9.17, 15) is 14.7 Å². The number of benzene rings is 2. The van der Waals surface area contributed by atoms with E-state index >= 15 is 0 Å². The molecule has 0 unspecified atom stereocenters. The Labute approximate surface area is 195 Å². The second-order valence-electron chi connectivity index (χ2n) is 8.76. The number of carbonyl (C=O) groups excluding carboxylic acids is 1. The van der Waals surface area contributed by atoms with E-state index in [1.807, 2.05) is 6.07 Å². The number of fused-ring (bicyclic) bond motifs is 1. The van der Waals surface area contributed by atoms with Gasteiger partial charge in [-0.05, 0) is 55.2 Å². The maximum absolute atomic E-state index is 9.53. The molecule has 2 N–H and O–H groups in total. The smallest absolute Gasteiger partial charge is 0.545 e. The van der Waals surface area contributed by atoms with Crippen LogP contribution in [0.15, 0.2) is 60.7 Å². The number of nitrogens with zero attached hydrogens (tertiary/aromatic N) is 1. The van der Waals surface area contributed by atoms with Crippen molar-refractivity contribution in [1.29, 1.82) is 0 Å². The molecule has 0 amide bonds. The van der Waals surface area contributed by atoms with Crippen LogP contribution in [-0.4, -0.2) is 47.1 Å². The van der Waals surface area contributed by atoms with Crippen molar-refractivity contribution in [2.24, 2.45) is 0 Å².